The van der Waals surface area contributed by atoms with E-state index in [2.05, 4.69) is 15.8 Å². The van der Waals surface area contributed by atoms with Crippen LogP contribution in [0, 0.1) is 5.41 Å². The molecule has 12 nitrogen and oxygen atoms in total. The van der Waals surface area contributed by atoms with Crippen LogP contribution in [0.2, 0.25) is 0 Å². The van der Waals surface area contributed by atoms with Crippen molar-refractivity contribution < 1.29 is 43.4 Å². The summed E-state index contributed by atoms with van der Waals surface area (Å²) in [7, 11) is 0. The lowest BCUT2D eigenvalue weighted by molar-refractivity contribution is -0.137. The Morgan fingerprint density at radius 2 is 1.94 bits per heavy atom. The van der Waals surface area contributed by atoms with Gasteiger partial charge in [0.2, 0.25) is 34.8 Å². The third-order valence-electron chi connectivity index (χ3n) is 4.83. The van der Waals surface area contributed by atoms with E-state index in [1.807, 2.05) is 0 Å². The second kappa shape index (κ2) is 11.9. The van der Waals surface area contributed by atoms with Gasteiger partial charge in [0, 0.05) is 36.8 Å². The average molecular weight is 498 g/mol. The molecule has 1 atom stereocenters. The minimum Gasteiger partial charge on any atom is -0.461 e. The first-order chi connectivity index (χ1) is 16.0. The Bertz CT molecular complexity index is 1000. The van der Waals surface area contributed by atoms with Crippen LogP contribution in [-0.2, 0) is 14.3 Å². The van der Waals surface area contributed by atoms with E-state index in [-0.39, 0.29) is 66.3 Å². The quantitative estimate of drug-likeness (QED) is 0.222. The molecule has 1 aliphatic rings. The van der Waals surface area contributed by atoms with E-state index in [1.165, 1.54) is 13.8 Å². The summed E-state index contributed by atoms with van der Waals surface area (Å²) in [6, 6.07) is 0. The molecule has 0 saturated carbocycles. The number of aliphatic hydroxyl groups is 2. The Labute approximate surface area is 199 Å². The van der Waals surface area contributed by atoms with E-state index in [9.17, 15) is 34.2 Å². The minimum absolute atomic E-state index is 0.0125. The van der Waals surface area contributed by atoms with Crippen LogP contribution in [0.5, 0.6) is 0 Å². The summed E-state index contributed by atoms with van der Waals surface area (Å²) in [5.41, 5.74) is -1.61. The molecule has 1 aromatic heterocycles. The SMILES string of the molecule is CCOC(=O)c1noc2c1C(=O)C(SCCNC(=O)CCNC(=O)[C@H](O)C(C)(C)CO)=CC2=O. The number of nitrogens with zero attached hydrogens (tertiary/aromatic N) is 1. The first-order valence-electron chi connectivity index (χ1n) is 10.5. The highest BCUT2D eigenvalue weighted by Gasteiger charge is 2.36. The molecule has 2 amide bonds. The van der Waals surface area contributed by atoms with Gasteiger partial charge in [-0.1, -0.05) is 19.0 Å². The molecule has 0 unspecified atom stereocenters. The van der Waals surface area contributed by atoms with Crippen molar-refractivity contribution in [1.82, 2.24) is 15.8 Å². The van der Waals surface area contributed by atoms with E-state index in [0.717, 1.165) is 17.8 Å². The summed E-state index contributed by atoms with van der Waals surface area (Å²) < 4.78 is 9.67. The fourth-order valence-corrected chi connectivity index (χ4v) is 3.61. The highest BCUT2D eigenvalue weighted by molar-refractivity contribution is 8.04. The Morgan fingerprint density at radius 1 is 1.24 bits per heavy atom. The first-order valence-corrected chi connectivity index (χ1v) is 11.5. The molecule has 2 rings (SSSR count). The molecule has 13 heteroatoms. The second-order valence-corrected chi connectivity index (χ2v) is 9.08. The van der Waals surface area contributed by atoms with Crippen LogP contribution in [0.15, 0.2) is 15.5 Å². The number of thioether (sulfide) groups is 1. The molecule has 186 valence electrons. The van der Waals surface area contributed by atoms with E-state index < -0.39 is 35.0 Å². The topological polar surface area (TPSA) is 185 Å². The maximum Gasteiger partial charge on any atom is 0.361 e. The number of rotatable bonds is 12. The van der Waals surface area contributed by atoms with Crippen molar-refractivity contribution in [2.45, 2.75) is 33.3 Å². The predicted molar refractivity (Wildman–Crippen MR) is 119 cm³/mol. The first kappa shape index (κ1) is 27.2. The normalized spacial score (nSPS) is 14.2. The van der Waals surface area contributed by atoms with Gasteiger partial charge in [-0.05, 0) is 6.92 Å². The zero-order valence-corrected chi connectivity index (χ0v) is 19.8. The average Bonchev–Trinajstić information content (AvgIpc) is 3.25. The molecule has 0 aromatic carbocycles. The predicted octanol–water partition coefficient (Wildman–Crippen LogP) is -0.151. The van der Waals surface area contributed by atoms with Gasteiger partial charge < -0.3 is 30.1 Å². The molecular formula is C21H27N3O9S. The second-order valence-electron chi connectivity index (χ2n) is 7.95. The maximum atomic E-state index is 12.7. The van der Waals surface area contributed by atoms with Gasteiger partial charge in [-0.15, -0.1) is 11.8 Å². The van der Waals surface area contributed by atoms with Crippen LogP contribution in [0.25, 0.3) is 0 Å². The Hall–Kier alpha value is -3.03. The number of nitrogens with one attached hydrogen (secondary N) is 2. The molecular weight excluding hydrogens is 470 g/mol. The van der Waals surface area contributed by atoms with Crippen LogP contribution in [-0.4, -0.2) is 82.9 Å². The smallest absolute Gasteiger partial charge is 0.361 e. The van der Waals surface area contributed by atoms with Crippen LogP contribution in [0.4, 0.5) is 0 Å². The number of allylic oxidation sites excluding steroid dienone is 2. The Kier molecular flexibility index (Phi) is 9.53. The molecule has 0 radical (unpaired) electrons. The van der Waals surface area contributed by atoms with Crippen molar-refractivity contribution >= 4 is 41.1 Å². The summed E-state index contributed by atoms with van der Waals surface area (Å²) in [6.07, 6.45) is -0.377. The molecule has 0 bridgehead atoms. The Morgan fingerprint density at radius 3 is 2.59 bits per heavy atom. The van der Waals surface area contributed by atoms with Gasteiger partial charge in [0.1, 0.15) is 11.7 Å². The zero-order valence-electron chi connectivity index (χ0n) is 19.0. The number of fused-ring (bicyclic) bond motifs is 1. The van der Waals surface area contributed by atoms with Crippen LogP contribution >= 0.6 is 11.8 Å². The number of aromatic nitrogens is 1. The number of hydrogen-bond donors (Lipinski definition) is 4. The van der Waals surface area contributed by atoms with Crippen LogP contribution < -0.4 is 10.6 Å². The van der Waals surface area contributed by atoms with Crippen LogP contribution in [0.1, 0.15) is 58.6 Å². The number of amides is 2. The molecule has 0 spiro atoms. The van der Waals surface area contributed by atoms with Gasteiger partial charge in [0.15, 0.2) is 0 Å². The fraction of sp³-hybridized carbons (Fsp3) is 0.524. The number of ketones is 2. The summed E-state index contributed by atoms with van der Waals surface area (Å²) in [6.45, 7) is 4.48. The van der Waals surface area contributed by atoms with Crippen molar-refractivity contribution in [3.05, 3.63) is 28.0 Å². The lowest BCUT2D eigenvalue weighted by Gasteiger charge is -2.27. The zero-order chi connectivity index (χ0) is 25.5. The van der Waals surface area contributed by atoms with Gasteiger partial charge in [-0.25, -0.2) is 4.79 Å². The lowest BCUT2D eigenvalue weighted by atomic mass is 9.87. The van der Waals surface area contributed by atoms with Crippen molar-refractivity contribution in [1.29, 1.82) is 0 Å². The van der Waals surface area contributed by atoms with Crippen molar-refractivity contribution in [3.8, 4) is 0 Å². The molecule has 0 aliphatic heterocycles. The van der Waals surface area contributed by atoms with Crippen molar-refractivity contribution in [2.75, 3.05) is 32.1 Å². The molecule has 1 aliphatic carbocycles. The summed E-state index contributed by atoms with van der Waals surface area (Å²) in [5.74, 6) is -3.20. The standard InChI is InChI=1S/C21H27N3O9S/c1-4-32-20(31)15-14-16(28)12(9-11(26)17(14)33-24-15)34-8-7-22-13(27)5-6-23-19(30)18(29)21(2,3)10-25/h9,18,25,29H,4-8,10H2,1-3H3,(H,22,27)(H,23,30)/t18-/m0/s1. The van der Waals surface area contributed by atoms with Crippen molar-refractivity contribution in [3.63, 3.8) is 0 Å². The number of aliphatic hydroxyl groups excluding tert-OH is 2. The van der Waals surface area contributed by atoms with E-state index >= 15 is 0 Å². The molecule has 34 heavy (non-hydrogen) atoms. The summed E-state index contributed by atoms with van der Waals surface area (Å²) in [4.78, 5) is 60.8. The molecule has 1 aromatic rings. The monoisotopic (exact) mass is 497 g/mol. The van der Waals surface area contributed by atoms with Gasteiger partial charge >= 0.3 is 5.97 Å². The molecule has 0 saturated heterocycles. The third-order valence-corrected chi connectivity index (χ3v) is 5.85. The lowest BCUT2D eigenvalue weighted by Crippen LogP contribution is -2.46. The van der Waals surface area contributed by atoms with Gasteiger partial charge in [0.05, 0.1) is 18.1 Å². The Balaban J connectivity index is 1.79. The third kappa shape index (κ3) is 6.52. The fourth-order valence-electron chi connectivity index (χ4n) is 2.77. The molecule has 1 heterocycles. The van der Waals surface area contributed by atoms with Gasteiger partial charge in [-0.2, -0.15) is 0 Å². The number of carbonyl (C=O) groups excluding carboxylic acids is 5. The summed E-state index contributed by atoms with van der Waals surface area (Å²) >= 11 is 1.02. The highest BCUT2D eigenvalue weighted by atomic mass is 32.2. The molecule has 0 fully saturated rings. The van der Waals surface area contributed by atoms with E-state index in [1.54, 1.807) is 6.92 Å². The minimum atomic E-state index is -1.42. The van der Waals surface area contributed by atoms with E-state index in [4.69, 9.17) is 9.26 Å². The summed E-state index contributed by atoms with van der Waals surface area (Å²) in [5, 5.41) is 27.6. The largest absolute Gasteiger partial charge is 0.461 e. The van der Waals surface area contributed by atoms with E-state index in [0.29, 0.717) is 0 Å². The van der Waals surface area contributed by atoms with Gasteiger partial charge in [-0.3, -0.25) is 19.2 Å². The highest BCUT2D eigenvalue weighted by Crippen LogP contribution is 2.30. The maximum absolute atomic E-state index is 12.7. The molecule has 4 N–H and O–H groups in total. The van der Waals surface area contributed by atoms with Crippen LogP contribution in [0.3, 0.4) is 0 Å². The van der Waals surface area contributed by atoms with Crippen molar-refractivity contribution in [2.24, 2.45) is 5.41 Å². The number of carbonyl (C=O) groups is 5. The number of ether oxygens (including phenoxy) is 1. The number of Topliss-reactive ketones (excluding diaryl/α,β-unsaturated/α-hetero) is 1. The number of hydrogen-bond acceptors (Lipinski definition) is 11. The van der Waals surface area contributed by atoms with Gasteiger partial charge in [0.25, 0.3) is 0 Å². The number of esters is 1.